The number of hydrogen-bond acceptors (Lipinski definition) is 2. The third-order valence-electron chi connectivity index (χ3n) is 2.17. The highest BCUT2D eigenvalue weighted by molar-refractivity contribution is 6.31. The van der Waals surface area contributed by atoms with Crippen molar-refractivity contribution in [2.75, 3.05) is 13.1 Å². The van der Waals surface area contributed by atoms with Gasteiger partial charge in [-0.25, -0.2) is 0 Å². The Morgan fingerprint density at radius 3 is 2.86 bits per heavy atom. The molecule has 1 N–H and O–H groups in total. The van der Waals surface area contributed by atoms with Gasteiger partial charge in [-0.2, -0.15) is 5.10 Å². The van der Waals surface area contributed by atoms with Crippen molar-refractivity contribution in [3.8, 4) is 0 Å². The van der Waals surface area contributed by atoms with Crippen LogP contribution < -0.4 is 5.32 Å². The van der Waals surface area contributed by atoms with Crippen LogP contribution in [0.2, 0.25) is 5.02 Å². The standard InChI is InChI=1S/C10H18ClN3/c1-4-5-12-6-8(2)14-7-10(11)9(3)13-14/h7-8,12H,4-6H2,1-3H3. The maximum Gasteiger partial charge on any atom is 0.0815 e. The minimum atomic E-state index is 0.354. The molecule has 0 saturated heterocycles. The maximum atomic E-state index is 5.93. The summed E-state index contributed by atoms with van der Waals surface area (Å²) in [7, 11) is 0. The molecule has 3 nitrogen and oxygen atoms in total. The molecule has 0 aliphatic heterocycles. The molecule has 1 unspecified atom stereocenters. The van der Waals surface area contributed by atoms with Crippen molar-refractivity contribution >= 4 is 11.6 Å². The topological polar surface area (TPSA) is 29.9 Å². The number of hydrogen-bond donors (Lipinski definition) is 1. The predicted octanol–water partition coefficient (Wildman–Crippen LogP) is 2.41. The fourth-order valence-corrected chi connectivity index (χ4v) is 1.40. The van der Waals surface area contributed by atoms with Crippen LogP contribution in [0.3, 0.4) is 0 Å². The quantitative estimate of drug-likeness (QED) is 0.765. The van der Waals surface area contributed by atoms with Crippen LogP contribution in [0.15, 0.2) is 6.20 Å². The number of nitrogens with zero attached hydrogens (tertiary/aromatic N) is 2. The highest BCUT2D eigenvalue weighted by Gasteiger charge is 2.07. The van der Waals surface area contributed by atoms with E-state index in [1.54, 1.807) is 0 Å². The Kier molecular flexibility index (Phi) is 4.42. The van der Waals surface area contributed by atoms with E-state index in [9.17, 15) is 0 Å². The van der Waals surface area contributed by atoms with E-state index in [4.69, 9.17) is 11.6 Å². The minimum Gasteiger partial charge on any atom is -0.315 e. The van der Waals surface area contributed by atoms with Gasteiger partial charge in [-0.05, 0) is 26.8 Å². The van der Waals surface area contributed by atoms with Gasteiger partial charge in [0.05, 0.1) is 16.8 Å². The Morgan fingerprint density at radius 1 is 1.64 bits per heavy atom. The molecule has 1 aromatic heterocycles. The molecule has 0 radical (unpaired) electrons. The van der Waals surface area contributed by atoms with Gasteiger partial charge in [-0.1, -0.05) is 18.5 Å². The van der Waals surface area contributed by atoms with E-state index in [1.165, 1.54) is 0 Å². The summed E-state index contributed by atoms with van der Waals surface area (Å²) in [5.74, 6) is 0. The molecule has 1 heterocycles. The maximum absolute atomic E-state index is 5.93. The SMILES string of the molecule is CCCNCC(C)n1cc(Cl)c(C)n1. The molecule has 0 aromatic carbocycles. The molecule has 0 amide bonds. The normalized spacial score (nSPS) is 13.1. The van der Waals surface area contributed by atoms with E-state index in [0.29, 0.717) is 6.04 Å². The molecule has 1 rings (SSSR count). The second-order valence-corrected chi connectivity index (χ2v) is 4.00. The second kappa shape index (κ2) is 5.37. The number of rotatable bonds is 5. The van der Waals surface area contributed by atoms with Crippen molar-refractivity contribution < 1.29 is 0 Å². The van der Waals surface area contributed by atoms with Gasteiger partial charge in [0.2, 0.25) is 0 Å². The van der Waals surface area contributed by atoms with Crippen molar-refractivity contribution in [1.29, 1.82) is 0 Å². The van der Waals surface area contributed by atoms with Crippen LogP contribution in [0.5, 0.6) is 0 Å². The molecule has 1 aromatic rings. The van der Waals surface area contributed by atoms with E-state index in [2.05, 4.69) is 24.3 Å². The van der Waals surface area contributed by atoms with E-state index < -0.39 is 0 Å². The Hall–Kier alpha value is -0.540. The van der Waals surface area contributed by atoms with Crippen LogP contribution in [-0.2, 0) is 0 Å². The molecule has 80 valence electrons. The van der Waals surface area contributed by atoms with Crippen LogP contribution >= 0.6 is 11.6 Å². The van der Waals surface area contributed by atoms with Gasteiger partial charge in [0.15, 0.2) is 0 Å². The fraction of sp³-hybridized carbons (Fsp3) is 0.700. The lowest BCUT2D eigenvalue weighted by molar-refractivity contribution is 0.452. The van der Waals surface area contributed by atoms with Crippen LogP contribution in [0.1, 0.15) is 32.0 Å². The second-order valence-electron chi connectivity index (χ2n) is 3.60. The highest BCUT2D eigenvalue weighted by Crippen LogP contribution is 2.15. The molecule has 4 heteroatoms. The summed E-state index contributed by atoms with van der Waals surface area (Å²) < 4.78 is 1.92. The summed E-state index contributed by atoms with van der Waals surface area (Å²) >= 11 is 5.93. The Labute approximate surface area is 90.4 Å². The Balaban J connectivity index is 2.47. The van der Waals surface area contributed by atoms with Crippen molar-refractivity contribution in [3.63, 3.8) is 0 Å². The highest BCUT2D eigenvalue weighted by atomic mass is 35.5. The molecular weight excluding hydrogens is 198 g/mol. The molecule has 0 aliphatic rings. The Bertz CT molecular complexity index is 263. The van der Waals surface area contributed by atoms with Crippen molar-refractivity contribution in [2.24, 2.45) is 0 Å². The smallest absolute Gasteiger partial charge is 0.0815 e. The zero-order valence-electron chi connectivity index (χ0n) is 9.05. The summed E-state index contributed by atoms with van der Waals surface area (Å²) in [4.78, 5) is 0. The molecule has 14 heavy (non-hydrogen) atoms. The average Bonchev–Trinajstić information content (AvgIpc) is 2.47. The van der Waals surface area contributed by atoms with Crippen molar-refractivity contribution in [3.05, 3.63) is 16.9 Å². The van der Waals surface area contributed by atoms with Crippen LogP contribution in [-0.4, -0.2) is 22.9 Å². The number of nitrogens with one attached hydrogen (secondary N) is 1. The molecule has 1 atom stereocenters. The lowest BCUT2D eigenvalue weighted by atomic mass is 10.3. The van der Waals surface area contributed by atoms with Gasteiger partial charge < -0.3 is 5.32 Å². The average molecular weight is 216 g/mol. The van der Waals surface area contributed by atoms with Gasteiger partial charge in [-0.3, -0.25) is 4.68 Å². The van der Waals surface area contributed by atoms with E-state index in [1.807, 2.05) is 17.8 Å². The molecule has 0 saturated carbocycles. The van der Waals surface area contributed by atoms with Gasteiger partial charge in [0.1, 0.15) is 0 Å². The first-order valence-electron chi connectivity index (χ1n) is 5.07. The van der Waals surface area contributed by atoms with Crippen LogP contribution in [0.4, 0.5) is 0 Å². The van der Waals surface area contributed by atoms with E-state index in [0.717, 1.165) is 30.2 Å². The zero-order chi connectivity index (χ0) is 10.6. The third kappa shape index (κ3) is 3.00. The Morgan fingerprint density at radius 2 is 2.36 bits per heavy atom. The minimum absolute atomic E-state index is 0.354. The van der Waals surface area contributed by atoms with Gasteiger partial charge in [0, 0.05) is 12.7 Å². The number of halogens is 1. The van der Waals surface area contributed by atoms with Crippen molar-refractivity contribution in [2.45, 2.75) is 33.2 Å². The fourth-order valence-electron chi connectivity index (χ4n) is 1.27. The van der Waals surface area contributed by atoms with Gasteiger partial charge in [-0.15, -0.1) is 0 Å². The van der Waals surface area contributed by atoms with Crippen molar-refractivity contribution in [1.82, 2.24) is 15.1 Å². The molecule has 0 fully saturated rings. The largest absolute Gasteiger partial charge is 0.315 e. The van der Waals surface area contributed by atoms with Crippen LogP contribution in [0.25, 0.3) is 0 Å². The summed E-state index contributed by atoms with van der Waals surface area (Å²) in [5.41, 5.74) is 0.897. The summed E-state index contributed by atoms with van der Waals surface area (Å²) in [5, 5.41) is 8.43. The first-order chi connectivity index (χ1) is 6.65. The molecule has 0 spiro atoms. The predicted molar refractivity (Wildman–Crippen MR) is 59.8 cm³/mol. The lowest BCUT2D eigenvalue weighted by Crippen LogP contribution is -2.24. The van der Waals surface area contributed by atoms with E-state index in [-0.39, 0.29) is 0 Å². The first-order valence-corrected chi connectivity index (χ1v) is 5.45. The summed E-state index contributed by atoms with van der Waals surface area (Å²) in [6.45, 7) is 8.20. The molecular formula is C10H18ClN3. The van der Waals surface area contributed by atoms with Crippen LogP contribution in [0, 0.1) is 6.92 Å². The van der Waals surface area contributed by atoms with E-state index >= 15 is 0 Å². The summed E-state index contributed by atoms with van der Waals surface area (Å²) in [6.07, 6.45) is 3.04. The monoisotopic (exact) mass is 215 g/mol. The molecule has 0 bridgehead atoms. The third-order valence-corrected chi connectivity index (χ3v) is 2.55. The summed E-state index contributed by atoms with van der Waals surface area (Å²) in [6, 6.07) is 0.354. The first kappa shape index (κ1) is 11.5. The zero-order valence-corrected chi connectivity index (χ0v) is 9.80. The molecule has 0 aliphatic carbocycles. The number of aryl methyl sites for hydroxylation is 1. The number of aromatic nitrogens is 2. The van der Waals surface area contributed by atoms with Gasteiger partial charge >= 0.3 is 0 Å². The van der Waals surface area contributed by atoms with Gasteiger partial charge in [0.25, 0.3) is 0 Å². The lowest BCUT2D eigenvalue weighted by Gasteiger charge is -2.12.